The molecular weight excluding hydrogens is 358 g/mol. The van der Waals surface area contributed by atoms with Gasteiger partial charge < -0.3 is 0 Å². The third kappa shape index (κ3) is 3.45. The topological polar surface area (TPSA) is 12.0 Å². The van der Waals surface area contributed by atoms with Crippen LogP contribution in [0.25, 0.3) is 0 Å². The number of nitrogens with one attached hydrogen (secondary N) is 1. The van der Waals surface area contributed by atoms with E-state index in [4.69, 9.17) is 0 Å². The molecule has 0 aliphatic rings. The van der Waals surface area contributed by atoms with Gasteiger partial charge in [-0.1, -0.05) is 114 Å². The molecule has 122 valence electrons. The summed E-state index contributed by atoms with van der Waals surface area (Å²) in [4.78, 5) is 0.382. The average Bonchev–Trinajstić information content (AvgIpc) is 2.65. The average molecular weight is 380 g/mol. The van der Waals surface area contributed by atoms with Crippen LogP contribution in [0.3, 0.4) is 0 Å². The molecule has 0 radical (unpaired) electrons. The first-order valence-corrected chi connectivity index (χ1v) is 9.21. The quantitative estimate of drug-likeness (QED) is 0.449. The predicted molar refractivity (Wildman–Crippen MR) is 106 cm³/mol. The zero-order valence-corrected chi connectivity index (χ0v) is 15.4. The van der Waals surface area contributed by atoms with E-state index in [1.54, 1.807) is 0 Å². The highest BCUT2D eigenvalue weighted by Gasteiger charge is 2.35. The Morgan fingerprint density at radius 3 is 1.33 bits per heavy atom. The Labute approximate surface area is 152 Å². The maximum Gasteiger partial charge on any atom is 0.0948 e. The summed E-state index contributed by atoms with van der Waals surface area (Å²) < 4.78 is 0. The highest BCUT2D eigenvalue weighted by atomic mass is 79.9. The molecule has 0 aromatic heterocycles. The van der Waals surface area contributed by atoms with Gasteiger partial charge in [-0.2, -0.15) is 0 Å². The summed E-state index contributed by atoms with van der Waals surface area (Å²) in [5.74, 6) is 0. The monoisotopic (exact) mass is 379 g/mol. The lowest BCUT2D eigenvalue weighted by Gasteiger charge is -2.37. The summed E-state index contributed by atoms with van der Waals surface area (Å²) in [7, 11) is 0. The highest BCUT2D eigenvalue weighted by molar-refractivity contribution is 9.09. The van der Waals surface area contributed by atoms with E-state index in [2.05, 4.69) is 119 Å². The van der Waals surface area contributed by atoms with Crippen molar-refractivity contribution < 1.29 is 0 Å². The molecule has 3 aromatic carbocycles. The van der Waals surface area contributed by atoms with Gasteiger partial charge >= 0.3 is 0 Å². The summed E-state index contributed by atoms with van der Waals surface area (Å²) in [6, 6.07) is 32.0. The summed E-state index contributed by atoms with van der Waals surface area (Å²) in [6.45, 7) is 3.03. The van der Waals surface area contributed by atoms with Crippen LogP contribution in [0.1, 0.15) is 23.6 Å². The van der Waals surface area contributed by atoms with Crippen molar-refractivity contribution in [1.82, 2.24) is 5.32 Å². The summed E-state index contributed by atoms with van der Waals surface area (Å²) in [5, 5.41) is 3.83. The molecule has 3 rings (SSSR count). The molecule has 1 unspecified atom stereocenters. The zero-order chi connectivity index (χ0) is 16.8. The summed E-state index contributed by atoms with van der Waals surface area (Å²) in [5.41, 5.74) is 3.37. The fourth-order valence-corrected chi connectivity index (χ4v) is 3.33. The largest absolute Gasteiger partial charge is 0.299 e. The SMILES string of the molecule is CC(Br)CNC(c1ccccc1)(c1ccccc1)c1ccccc1. The first-order valence-electron chi connectivity index (χ1n) is 8.29. The molecular formula is C22H22BrN. The maximum absolute atomic E-state index is 3.83. The molecule has 1 N–H and O–H groups in total. The van der Waals surface area contributed by atoms with Crippen molar-refractivity contribution in [2.24, 2.45) is 0 Å². The van der Waals surface area contributed by atoms with Crippen LogP contribution < -0.4 is 5.32 Å². The van der Waals surface area contributed by atoms with Crippen molar-refractivity contribution in [3.05, 3.63) is 108 Å². The second-order valence-corrected chi connectivity index (χ2v) is 7.57. The van der Waals surface area contributed by atoms with Gasteiger partial charge in [0.1, 0.15) is 0 Å². The molecule has 0 heterocycles. The molecule has 0 fully saturated rings. The lowest BCUT2D eigenvalue weighted by molar-refractivity contribution is 0.477. The van der Waals surface area contributed by atoms with Crippen LogP contribution in [-0.2, 0) is 5.54 Å². The molecule has 3 aromatic rings. The van der Waals surface area contributed by atoms with Crippen molar-refractivity contribution in [2.45, 2.75) is 17.3 Å². The third-order valence-electron chi connectivity index (χ3n) is 4.27. The number of benzene rings is 3. The van der Waals surface area contributed by atoms with E-state index in [1.165, 1.54) is 16.7 Å². The van der Waals surface area contributed by atoms with Gasteiger partial charge in [-0.3, -0.25) is 5.32 Å². The Bertz CT molecular complexity index is 642. The van der Waals surface area contributed by atoms with E-state index in [9.17, 15) is 0 Å². The summed E-state index contributed by atoms with van der Waals surface area (Å²) >= 11 is 3.68. The second kappa shape index (κ2) is 7.78. The number of alkyl halides is 1. The van der Waals surface area contributed by atoms with Crippen molar-refractivity contribution >= 4 is 15.9 Å². The standard InChI is InChI=1S/C22H22BrN/c1-18(23)17-24-22(19-11-5-2-6-12-19,20-13-7-3-8-14-20)21-15-9-4-10-16-21/h2-16,18,24H,17H2,1H3. The van der Waals surface area contributed by atoms with Gasteiger partial charge in [-0.25, -0.2) is 0 Å². The first-order chi connectivity index (χ1) is 11.7. The molecule has 0 saturated carbocycles. The van der Waals surface area contributed by atoms with E-state index in [0.29, 0.717) is 4.83 Å². The lowest BCUT2D eigenvalue weighted by atomic mass is 9.77. The van der Waals surface area contributed by atoms with Crippen molar-refractivity contribution in [2.75, 3.05) is 6.54 Å². The Balaban J connectivity index is 2.24. The first kappa shape index (κ1) is 16.9. The number of hydrogen-bond donors (Lipinski definition) is 1. The molecule has 0 saturated heterocycles. The van der Waals surface area contributed by atoms with Gasteiger partial charge in [-0.05, 0) is 16.7 Å². The maximum atomic E-state index is 3.83. The van der Waals surface area contributed by atoms with Gasteiger partial charge in [-0.15, -0.1) is 0 Å². The smallest absolute Gasteiger partial charge is 0.0948 e. The Hall–Kier alpha value is -1.90. The van der Waals surface area contributed by atoms with Gasteiger partial charge in [0.25, 0.3) is 0 Å². The van der Waals surface area contributed by atoms with Gasteiger partial charge in [0.15, 0.2) is 0 Å². The lowest BCUT2D eigenvalue weighted by Crippen LogP contribution is -2.46. The molecule has 24 heavy (non-hydrogen) atoms. The van der Waals surface area contributed by atoms with Crippen LogP contribution in [0, 0.1) is 0 Å². The minimum atomic E-state index is -0.369. The van der Waals surface area contributed by atoms with Crippen LogP contribution >= 0.6 is 15.9 Å². The highest BCUT2D eigenvalue weighted by Crippen LogP contribution is 2.36. The Morgan fingerprint density at radius 2 is 1.04 bits per heavy atom. The minimum Gasteiger partial charge on any atom is -0.299 e. The van der Waals surface area contributed by atoms with Crippen molar-refractivity contribution in [3.8, 4) is 0 Å². The molecule has 1 nitrogen and oxygen atoms in total. The zero-order valence-electron chi connectivity index (χ0n) is 13.8. The molecule has 0 aliphatic heterocycles. The van der Waals surface area contributed by atoms with E-state index < -0.39 is 0 Å². The van der Waals surface area contributed by atoms with Crippen LogP contribution in [-0.4, -0.2) is 11.4 Å². The Kier molecular flexibility index (Phi) is 5.49. The number of hydrogen-bond acceptors (Lipinski definition) is 1. The summed E-state index contributed by atoms with van der Waals surface area (Å²) in [6.07, 6.45) is 0. The molecule has 0 amide bonds. The number of halogens is 1. The van der Waals surface area contributed by atoms with Crippen molar-refractivity contribution in [1.29, 1.82) is 0 Å². The fourth-order valence-electron chi connectivity index (χ4n) is 3.16. The van der Waals surface area contributed by atoms with E-state index in [-0.39, 0.29) is 5.54 Å². The molecule has 1 atom stereocenters. The Morgan fingerprint density at radius 1 is 0.708 bits per heavy atom. The molecule has 0 aliphatic carbocycles. The second-order valence-electron chi connectivity index (χ2n) is 6.01. The van der Waals surface area contributed by atoms with Crippen LogP contribution in [0.4, 0.5) is 0 Å². The fraction of sp³-hybridized carbons (Fsp3) is 0.182. The van der Waals surface area contributed by atoms with Crippen LogP contribution in [0.2, 0.25) is 0 Å². The molecule has 2 heteroatoms. The molecule has 0 bridgehead atoms. The van der Waals surface area contributed by atoms with Crippen molar-refractivity contribution in [3.63, 3.8) is 0 Å². The normalized spacial score (nSPS) is 12.8. The van der Waals surface area contributed by atoms with E-state index in [1.807, 2.05) is 0 Å². The van der Waals surface area contributed by atoms with Gasteiger partial charge in [0, 0.05) is 11.4 Å². The van der Waals surface area contributed by atoms with Crippen LogP contribution in [0.5, 0.6) is 0 Å². The predicted octanol–water partition coefficient (Wildman–Crippen LogP) is 5.35. The minimum absolute atomic E-state index is 0.369. The third-order valence-corrected chi connectivity index (χ3v) is 4.59. The van der Waals surface area contributed by atoms with Gasteiger partial charge in [0.2, 0.25) is 0 Å². The van der Waals surface area contributed by atoms with Gasteiger partial charge in [0.05, 0.1) is 5.54 Å². The molecule has 0 spiro atoms. The van der Waals surface area contributed by atoms with Crippen LogP contribution in [0.15, 0.2) is 91.0 Å². The van der Waals surface area contributed by atoms with E-state index >= 15 is 0 Å². The number of rotatable bonds is 6. The van der Waals surface area contributed by atoms with E-state index in [0.717, 1.165) is 6.54 Å².